The average Bonchev–Trinajstić information content (AvgIpc) is 2.61. The van der Waals surface area contributed by atoms with E-state index in [0.717, 1.165) is 16.6 Å². The van der Waals surface area contributed by atoms with Crippen molar-refractivity contribution in [2.75, 3.05) is 0 Å². The summed E-state index contributed by atoms with van der Waals surface area (Å²) in [7, 11) is 1.94. The van der Waals surface area contributed by atoms with Crippen LogP contribution in [0.3, 0.4) is 0 Å². The lowest BCUT2D eigenvalue weighted by Gasteiger charge is -1.94. The SMILES string of the molecule is CC.CC.Cc1cn(C)c2ncnc(Cl)c12. The molecule has 0 N–H and O–H groups in total. The van der Waals surface area contributed by atoms with Crippen LogP contribution in [-0.4, -0.2) is 14.5 Å². The van der Waals surface area contributed by atoms with E-state index in [2.05, 4.69) is 9.97 Å². The fourth-order valence-electron chi connectivity index (χ4n) is 1.38. The molecule has 0 unspecified atom stereocenters. The van der Waals surface area contributed by atoms with Crippen LogP contribution in [0.25, 0.3) is 11.0 Å². The first-order valence-corrected chi connectivity index (χ1v) is 6.00. The Balaban J connectivity index is 0.000000509. The Morgan fingerprint density at radius 2 is 1.69 bits per heavy atom. The van der Waals surface area contributed by atoms with E-state index in [1.807, 2.05) is 52.4 Å². The number of fused-ring (bicyclic) bond motifs is 1. The molecule has 3 nitrogen and oxygen atoms in total. The molecule has 0 saturated carbocycles. The number of rotatable bonds is 0. The van der Waals surface area contributed by atoms with Crippen LogP contribution in [0.4, 0.5) is 0 Å². The van der Waals surface area contributed by atoms with Crippen LogP contribution in [0.1, 0.15) is 33.3 Å². The standard InChI is InChI=1S/C8H8ClN3.2C2H6/c1-5-3-12(2)8-6(5)7(9)10-4-11-8;2*1-2/h3-4H,1-2H3;2*1-2H3. The monoisotopic (exact) mass is 241 g/mol. The van der Waals surface area contributed by atoms with E-state index in [0.29, 0.717) is 5.15 Å². The van der Waals surface area contributed by atoms with Gasteiger partial charge in [-0.1, -0.05) is 39.3 Å². The molecule has 0 fully saturated rings. The largest absolute Gasteiger partial charge is 0.335 e. The molecule has 90 valence electrons. The Morgan fingerprint density at radius 3 is 2.19 bits per heavy atom. The van der Waals surface area contributed by atoms with Crippen LogP contribution >= 0.6 is 11.6 Å². The van der Waals surface area contributed by atoms with Crippen molar-refractivity contribution in [3.63, 3.8) is 0 Å². The van der Waals surface area contributed by atoms with Crippen molar-refractivity contribution in [1.82, 2.24) is 14.5 Å². The van der Waals surface area contributed by atoms with E-state index in [1.54, 1.807) is 0 Å². The first kappa shape index (κ1) is 14.9. The molecule has 2 aromatic rings. The van der Waals surface area contributed by atoms with E-state index < -0.39 is 0 Å². The van der Waals surface area contributed by atoms with Gasteiger partial charge in [0, 0.05) is 13.2 Å². The van der Waals surface area contributed by atoms with E-state index in [4.69, 9.17) is 11.6 Å². The fourth-order valence-corrected chi connectivity index (χ4v) is 1.66. The van der Waals surface area contributed by atoms with Crippen molar-refractivity contribution in [2.24, 2.45) is 7.05 Å². The van der Waals surface area contributed by atoms with Crippen molar-refractivity contribution in [2.45, 2.75) is 34.6 Å². The van der Waals surface area contributed by atoms with Crippen LogP contribution in [-0.2, 0) is 7.05 Å². The molecule has 2 rings (SSSR count). The molecule has 16 heavy (non-hydrogen) atoms. The highest BCUT2D eigenvalue weighted by molar-refractivity contribution is 6.34. The zero-order valence-electron chi connectivity index (χ0n) is 10.9. The van der Waals surface area contributed by atoms with Crippen molar-refractivity contribution < 1.29 is 0 Å². The van der Waals surface area contributed by atoms with Gasteiger partial charge in [-0.25, -0.2) is 9.97 Å². The minimum Gasteiger partial charge on any atom is -0.335 e. The predicted octanol–water partition coefficient (Wildman–Crippen LogP) is 3.98. The Morgan fingerprint density at radius 1 is 1.12 bits per heavy atom. The van der Waals surface area contributed by atoms with Gasteiger partial charge in [0.1, 0.15) is 17.1 Å². The molecule has 2 heterocycles. The van der Waals surface area contributed by atoms with E-state index in [1.165, 1.54) is 6.33 Å². The molecular formula is C12H20ClN3. The van der Waals surface area contributed by atoms with Crippen molar-refractivity contribution in [3.8, 4) is 0 Å². The van der Waals surface area contributed by atoms with Gasteiger partial charge in [-0.2, -0.15) is 0 Å². The minimum atomic E-state index is 0.526. The lowest BCUT2D eigenvalue weighted by Crippen LogP contribution is -1.88. The third-order valence-electron chi connectivity index (χ3n) is 1.90. The summed E-state index contributed by atoms with van der Waals surface area (Å²) in [6.07, 6.45) is 3.47. The zero-order valence-corrected chi connectivity index (χ0v) is 11.6. The smallest absolute Gasteiger partial charge is 0.144 e. The van der Waals surface area contributed by atoms with Gasteiger partial charge >= 0.3 is 0 Å². The first-order valence-electron chi connectivity index (χ1n) is 5.62. The van der Waals surface area contributed by atoms with Crippen molar-refractivity contribution >= 4 is 22.6 Å². The van der Waals surface area contributed by atoms with Gasteiger partial charge in [0.15, 0.2) is 0 Å². The van der Waals surface area contributed by atoms with E-state index in [9.17, 15) is 0 Å². The molecule has 0 atom stereocenters. The van der Waals surface area contributed by atoms with Gasteiger partial charge in [0.05, 0.1) is 5.39 Å². The summed E-state index contributed by atoms with van der Waals surface area (Å²) in [4.78, 5) is 8.05. The topological polar surface area (TPSA) is 30.7 Å². The number of hydrogen-bond donors (Lipinski definition) is 0. The van der Waals surface area contributed by atoms with Gasteiger partial charge in [0.25, 0.3) is 0 Å². The minimum absolute atomic E-state index is 0.526. The summed E-state index contributed by atoms with van der Waals surface area (Å²) in [5, 5.41) is 1.47. The Labute approximate surface area is 102 Å². The second-order valence-electron chi connectivity index (χ2n) is 2.79. The van der Waals surface area contributed by atoms with E-state index in [-0.39, 0.29) is 0 Å². The second kappa shape index (κ2) is 7.23. The number of aryl methyl sites for hydroxylation is 2. The molecule has 0 aliphatic carbocycles. The normalized spacial score (nSPS) is 8.94. The molecule has 2 aromatic heterocycles. The molecule has 0 aliphatic rings. The van der Waals surface area contributed by atoms with Crippen LogP contribution < -0.4 is 0 Å². The summed E-state index contributed by atoms with van der Waals surface area (Å²) < 4.78 is 1.94. The first-order chi connectivity index (χ1) is 7.70. The summed E-state index contributed by atoms with van der Waals surface area (Å²) >= 11 is 5.91. The Hall–Kier alpha value is -1.09. The quantitative estimate of drug-likeness (QED) is 0.653. The fraction of sp³-hybridized carbons (Fsp3) is 0.500. The van der Waals surface area contributed by atoms with Gasteiger partial charge in [-0.3, -0.25) is 0 Å². The second-order valence-corrected chi connectivity index (χ2v) is 3.14. The number of aromatic nitrogens is 3. The summed E-state index contributed by atoms with van der Waals surface area (Å²) in [5.74, 6) is 0. The molecule has 0 aromatic carbocycles. The number of nitrogens with zero attached hydrogens (tertiary/aromatic N) is 3. The zero-order chi connectivity index (χ0) is 12.7. The highest BCUT2D eigenvalue weighted by Gasteiger charge is 2.07. The number of halogens is 1. The highest BCUT2D eigenvalue weighted by atomic mass is 35.5. The average molecular weight is 242 g/mol. The predicted molar refractivity (Wildman–Crippen MR) is 71.0 cm³/mol. The lowest BCUT2D eigenvalue weighted by atomic mass is 10.3. The third kappa shape index (κ3) is 2.95. The van der Waals surface area contributed by atoms with Crippen LogP contribution in [0.2, 0.25) is 5.15 Å². The molecule has 0 bridgehead atoms. The maximum Gasteiger partial charge on any atom is 0.144 e. The third-order valence-corrected chi connectivity index (χ3v) is 2.18. The summed E-state index contributed by atoms with van der Waals surface area (Å²) in [5.41, 5.74) is 1.99. The van der Waals surface area contributed by atoms with Crippen molar-refractivity contribution in [1.29, 1.82) is 0 Å². The molecule has 0 radical (unpaired) electrons. The van der Waals surface area contributed by atoms with Crippen LogP contribution in [0.15, 0.2) is 12.5 Å². The van der Waals surface area contributed by atoms with Gasteiger partial charge in [-0.05, 0) is 12.5 Å². The van der Waals surface area contributed by atoms with Crippen LogP contribution in [0, 0.1) is 6.92 Å². The summed E-state index contributed by atoms with van der Waals surface area (Å²) in [6, 6.07) is 0. The van der Waals surface area contributed by atoms with Crippen LogP contribution in [0.5, 0.6) is 0 Å². The molecular weight excluding hydrogens is 222 g/mol. The Kier molecular flexibility index (Phi) is 6.74. The highest BCUT2D eigenvalue weighted by Crippen LogP contribution is 2.23. The Bertz CT molecular complexity index is 435. The molecule has 0 aliphatic heterocycles. The molecule has 4 heteroatoms. The van der Waals surface area contributed by atoms with Gasteiger partial charge < -0.3 is 4.57 Å². The lowest BCUT2D eigenvalue weighted by molar-refractivity contribution is 0.940. The molecule has 0 spiro atoms. The van der Waals surface area contributed by atoms with Gasteiger partial charge in [-0.15, -0.1) is 0 Å². The van der Waals surface area contributed by atoms with Crippen molar-refractivity contribution in [3.05, 3.63) is 23.2 Å². The summed E-state index contributed by atoms with van der Waals surface area (Å²) in [6.45, 7) is 10.00. The molecule has 0 amide bonds. The maximum absolute atomic E-state index is 5.91. The van der Waals surface area contributed by atoms with E-state index >= 15 is 0 Å². The maximum atomic E-state index is 5.91. The molecule has 0 saturated heterocycles. The number of hydrogen-bond acceptors (Lipinski definition) is 2. The van der Waals surface area contributed by atoms with Gasteiger partial charge in [0.2, 0.25) is 0 Å².